The molecule has 1 atom stereocenters. The van der Waals surface area contributed by atoms with Gasteiger partial charge in [0.15, 0.2) is 5.82 Å². The van der Waals surface area contributed by atoms with Gasteiger partial charge in [0.1, 0.15) is 11.9 Å². The summed E-state index contributed by atoms with van der Waals surface area (Å²) in [6.45, 7) is 8.61. The van der Waals surface area contributed by atoms with Crippen molar-refractivity contribution in [3.05, 3.63) is 11.6 Å². The van der Waals surface area contributed by atoms with Crippen molar-refractivity contribution in [3.63, 3.8) is 0 Å². The van der Waals surface area contributed by atoms with Crippen molar-refractivity contribution in [2.45, 2.75) is 53.0 Å². The molecule has 1 unspecified atom stereocenters. The highest BCUT2D eigenvalue weighted by atomic mass is 32.2. The Bertz CT molecular complexity index is 686. The predicted molar refractivity (Wildman–Crippen MR) is 95.3 cm³/mol. The molecule has 0 spiro atoms. The molecule has 0 bridgehead atoms. The molecule has 1 aromatic rings. The Morgan fingerprint density at radius 1 is 1.36 bits per heavy atom. The number of nitrogens with one attached hydrogen (secondary N) is 1. The Hall–Kier alpha value is -1.48. The molecule has 142 valence electrons. The number of nitrogens with zero attached hydrogens (tertiary/aromatic N) is 4. The number of hydrogen-bond acceptors (Lipinski definition) is 5. The van der Waals surface area contributed by atoms with E-state index < -0.39 is 16.1 Å². The number of aromatic amines is 1. The zero-order chi connectivity index (χ0) is 18.6. The van der Waals surface area contributed by atoms with E-state index in [2.05, 4.69) is 15.2 Å². The van der Waals surface area contributed by atoms with Crippen LogP contribution >= 0.6 is 0 Å². The molecule has 0 radical (unpaired) electrons. The molecule has 0 saturated carbocycles. The van der Waals surface area contributed by atoms with E-state index in [1.54, 1.807) is 11.8 Å². The van der Waals surface area contributed by atoms with Gasteiger partial charge in [-0.15, -0.1) is 0 Å². The van der Waals surface area contributed by atoms with Crippen LogP contribution < -0.4 is 0 Å². The SMILES string of the molecule is CCCCS(=O)(=O)N1CCCN(C(=O)C(C)C)C(c2n[nH]c(C)n2)C1. The summed E-state index contributed by atoms with van der Waals surface area (Å²) in [7, 11) is -3.34. The second kappa shape index (κ2) is 8.27. The van der Waals surface area contributed by atoms with E-state index in [1.807, 2.05) is 20.8 Å². The fourth-order valence-corrected chi connectivity index (χ4v) is 4.68. The Morgan fingerprint density at radius 2 is 2.08 bits per heavy atom. The van der Waals surface area contributed by atoms with Gasteiger partial charge in [-0.25, -0.2) is 13.4 Å². The van der Waals surface area contributed by atoms with Crippen LogP contribution in [0.4, 0.5) is 0 Å². The largest absolute Gasteiger partial charge is 0.331 e. The van der Waals surface area contributed by atoms with Gasteiger partial charge < -0.3 is 4.90 Å². The molecular formula is C16H29N5O3S. The number of aryl methyl sites for hydroxylation is 1. The van der Waals surface area contributed by atoms with Crippen molar-refractivity contribution >= 4 is 15.9 Å². The van der Waals surface area contributed by atoms with Gasteiger partial charge in [0.25, 0.3) is 0 Å². The zero-order valence-corrected chi connectivity index (χ0v) is 16.3. The molecular weight excluding hydrogens is 342 g/mol. The van der Waals surface area contributed by atoms with Crippen molar-refractivity contribution < 1.29 is 13.2 Å². The first-order chi connectivity index (χ1) is 11.8. The highest BCUT2D eigenvalue weighted by molar-refractivity contribution is 7.89. The van der Waals surface area contributed by atoms with Crippen LogP contribution in [0.3, 0.4) is 0 Å². The number of rotatable bonds is 6. The van der Waals surface area contributed by atoms with Crippen LogP contribution in [-0.2, 0) is 14.8 Å². The lowest BCUT2D eigenvalue weighted by atomic mass is 10.1. The molecule has 8 nitrogen and oxygen atoms in total. The molecule has 1 aromatic heterocycles. The van der Waals surface area contributed by atoms with Gasteiger partial charge in [0, 0.05) is 25.6 Å². The smallest absolute Gasteiger partial charge is 0.225 e. The first-order valence-corrected chi connectivity index (χ1v) is 10.5. The van der Waals surface area contributed by atoms with Crippen molar-refractivity contribution in [1.29, 1.82) is 0 Å². The summed E-state index contributed by atoms with van der Waals surface area (Å²) in [6.07, 6.45) is 2.08. The van der Waals surface area contributed by atoms with E-state index in [0.29, 0.717) is 37.6 Å². The maximum atomic E-state index is 12.7. The quantitative estimate of drug-likeness (QED) is 0.816. The maximum Gasteiger partial charge on any atom is 0.225 e. The van der Waals surface area contributed by atoms with E-state index in [1.165, 1.54) is 4.31 Å². The van der Waals surface area contributed by atoms with Crippen molar-refractivity contribution in [3.8, 4) is 0 Å². The minimum atomic E-state index is -3.34. The lowest BCUT2D eigenvalue weighted by Crippen LogP contribution is -2.42. The number of hydrogen-bond donors (Lipinski definition) is 1. The minimum Gasteiger partial charge on any atom is -0.331 e. The molecule has 1 saturated heterocycles. The maximum absolute atomic E-state index is 12.7. The van der Waals surface area contributed by atoms with Crippen LogP contribution in [-0.4, -0.2) is 64.1 Å². The van der Waals surface area contributed by atoms with Crippen LogP contribution in [0.2, 0.25) is 0 Å². The Labute approximate surface area is 150 Å². The molecule has 1 aliphatic heterocycles. The highest BCUT2D eigenvalue weighted by Gasteiger charge is 2.36. The lowest BCUT2D eigenvalue weighted by molar-refractivity contribution is -0.137. The molecule has 1 amide bonds. The highest BCUT2D eigenvalue weighted by Crippen LogP contribution is 2.26. The summed E-state index contributed by atoms with van der Waals surface area (Å²) in [6, 6.07) is -0.459. The molecule has 0 aliphatic carbocycles. The Balaban J connectivity index is 2.32. The minimum absolute atomic E-state index is 0.000240. The van der Waals surface area contributed by atoms with E-state index in [4.69, 9.17) is 0 Å². The third-order valence-corrected chi connectivity index (χ3v) is 6.32. The van der Waals surface area contributed by atoms with Gasteiger partial charge >= 0.3 is 0 Å². The molecule has 2 heterocycles. The summed E-state index contributed by atoms with van der Waals surface area (Å²) in [5, 5.41) is 7.00. The topological polar surface area (TPSA) is 99.3 Å². The third-order valence-electron chi connectivity index (χ3n) is 4.40. The number of amides is 1. The summed E-state index contributed by atoms with van der Waals surface area (Å²) < 4.78 is 26.8. The van der Waals surface area contributed by atoms with E-state index in [0.717, 1.165) is 6.42 Å². The van der Waals surface area contributed by atoms with Crippen LogP contribution in [0, 0.1) is 12.8 Å². The standard InChI is InChI=1S/C16H29N5O3S/c1-5-6-10-25(23,24)20-8-7-9-21(16(22)12(2)3)14(11-20)15-17-13(4)18-19-15/h12,14H,5-11H2,1-4H3,(H,17,18,19). The number of H-pyrrole nitrogens is 1. The van der Waals surface area contributed by atoms with Crippen molar-refractivity contribution in [2.75, 3.05) is 25.4 Å². The Kier molecular flexibility index (Phi) is 6.56. The van der Waals surface area contributed by atoms with Gasteiger partial charge in [-0.2, -0.15) is 9.40 Å². The second-order valence-corrected chi connectivity index (χ2v) is 8.95. The summed E-state index contributed by atoms with van der Waals surface area (Å²) in [5.74, 6) is 1.10. The number of aromatic nitrogens is 3. The number of carbonyl (C=O) groups is 1. The van der Waals surface area contributed by atoms with Gasteiger partial charge in [-0.05, 0) is 19.8 Å². The number of carbonyl (C=O) groups excluding carboxylic acids is 1. The van der Waals surface area contributed by atoms with Crippen LogP contribution in [0.25, 0.3) is 0 Å². The first-order valence-electron chi connectivity index (χ1n) is 8.93. The first kappa shape index (κ1) is 19.8. The Morgan fingerprint density at radius 3 is 2.64 bits per heavy atom. The molecule has 1 fully saturated rings. The van der Waals surface area contributed by atoms with Crippen molar-refractivity contribution in [1.82, 2.24) is 24.4 Å². The lowest BCUT2D eigenvalue weighted by Gasteiger charge is -2.31. The summed E-state index contributed by atoms with van der Waals surface area (Å²) in [5.41, 5.74) is 0. The molecule has 1 N–H and O–H groups in total. The summed E-state index contributed by atoms with van der Waals surface area (Å²) in [4.78, 5) is 18.8. The number of sulfonamides is 1. The molecule has 25 heavy (non-hydrogen) atoms. The van der Waals surface area contributed by atoms with Crippen LogP contribution in [0.15, 0.2) is 0 Å². The predicted octanol–water partition coefficient (Wildman–Crippen LogP) is 1.47. The third kappa shape index (κ3) is 4.78. The van der Waals surface area contributed by atoms with Gasteiger partial charge in [-0.3, -0.25) is 9.89 Å². The monoisotopic (exact) mass is 371 g/mol. The number of unbranched alkanes of at least 4 members (excludes halogenated alkanes) is 1. The van der Waals surface area contributed by atoms with Gasteiger partial charge in [-0.1, -0.05) is 27.2 Å². The average molecular weight is 372 g/mol. The summed E-state index contributed by atoms with van der Waals surface area (Å²) >= 11 is 0. The normalized spacial score (nSPS) is 20.0. The van der Waals surface area contributed by atoms with Gasteiger partial charge in [0.05, 0.1) is 5.75 Å². The van der Waals surface area contributed by atoms with Crippen molar-refractivity contribution in [2.24, 2.45) is 5.92 Å². The van der Waals surface area contributed by atoms with Crippen LogP contribution in [0.1, 0.15) is 57.7 Å². The van der Waals surface area contributed by atoms with E-state index in [9.17, 15) is 13.2 Å². The molecule has 0 aromatic carbocycles. The van der Waals surface area contributed by atoms with Crippen LogP contribution in [0.5, 0.6) is 0 Å². The van der Waals surface area contributed by atoms with Gasteiger partial charge in [0.2, 0.25) is 15.9 Å². The fraction of sp³-hybridized carbons (Fsp3) is 0.812. The molecule has 9 heteroatoms. The molecule has 1 aliphatic rings. The molecule has 2 rings (SSSR count). The second-order valence-electron chi connectivity index (χ2n) is 6.86. The van der Waals surface area contributed by atoms with E-state index >= 15 is 0 Å². The average Bonchev–Trinajstić information content (AvgIpc) is 2.86. The zero-order valence-electron chi connectivity index (χ0n) is 15.5. The van der Waals surface area contributed by atoms with E-state index in [-0.39, 0.29) is 24.1 Å². The fourth-order valence-electron chi connectivity index (χ4n) is 2.99.